The Morgan fingerprint density at radius 3 is 2.35 bits per heavy atom. The Kier molecular flexibility index (Phi) is 3.41. The summed E-state index contributed by atoms with van der Waals surface area (Å²) in [5, 5.41) is 0. The Bertz CT molecular complexity index is 446. The van der Waals surface area contributed by atoms with Crippen molar-refractivity contribution in [3.8, 4) is 0 Å². The molecule has 2 rings (SSSR count). The number of Topliss-reactive ketones (excluding diaryl/α,β-unsaturated/α-hetero) is 2. The van der Waals surface area contributed by atoms with Gasteiger partial charge in [-0.25, -0.2) is 0 Å². The monoisotopic (exact) mass is 230 g/mol. The molecule has 0 atom stereocenters. The van der Waals surface area contributed by atoms with Crippen LogP contribution in [0.1, 0.15) is 49.3 Å². The summed E-state index contributed by atoms with van der Waals surface area (Å²) in [4.78, 5) is 23.3. The van der Waals surface area contributed by atoms with E-state index < -0.39 is 5.92 Å². The zero-order chi connectivity index (χ0) is 12.4. The number of rotatable bonds is 3. The quantitative estimate of drug-likeness (QED) is 0.748. The first-order chi connectivity index (χ1) is 8.11. The molecule has 0 saturated heterocycles. The number of benzene rings is 1. The highest BCUT2D eigenvalue weighted by Crippen LogP contribution is 2.30. The van der Waals surface area contributed by atoms with Crippen molar-refractivity contribution < 1.29 is 9.59 Å². The van der Waals surface area contributed by atoms with Crippen molar-refractivity contribution in [2.24, 2.45) is 0 Å². The van der Waals surface area contributed by atoms with Gasteiger partial charge in [0.2, 0.25) is 0 Å². The van der Waals surface area contributed by atoms with Gasteiger partial charge in [-0.3, -0.25) is 9.59 Å². The third-order valence-electron chi connectivity index (χ3n) is 3.56. The molecule has 0 bridgehead atoms. The molecule has 90 valence electrons. The minimum absolute atomic E-state index is 0.0449. The van der Waals surface area contributed by atoms with Gasteiger partial charge in [0.05, 0.1) is 0 Å². The molecule has 17 heavy (non-hydrogen) atoms. The highest BCUT2D eigenvalue weighted by molar-refractivity contribution is 6.05. The fraction of sp³-hybridized carbons (Fsp3) is 0.467. The van der Waals surface area contributed by atoms with Gasteiger partial charge in [-0.05, 0) is 56.2 Å². The van der Waals surface area contributed by atoms with E-state index in [4.69, 9.17) is 0 Å². The second-order valence-electron chi connectivity index (χ2n) is 4.85. The lowest BCUT2D eigenvalue weighted by molar-refractivity contribution is -0.126. The van der Waals surface area contributed by atoms with Crippen molar-refractivity contribution in [1.82, 2.24) is 0 Å². The van der Waals surface area contributed by atoms with Crippen molar-refractivity contribution in [3.05, 3.63) is 34.9 Å². The summed E-state index contributed by atoms with van der Waals surface area (Å²) >= 11 is 0. The average Bonchev–Trinajstić information content (AvgIpc) is 2.28. The molecule has 0 fully saturated rings. The molecule has 0 aliphatic heterocycles. The van der Waals surface area contributed by atoms with Crippen LogP contribution in [0.5, 0.6) is 0 Å². The van der Waals surface area contributed by atoms with Gasteiger partial charge >= 0.3 is 0 Å². The van der Waals surface area contributed by atoms with Crippen molar-refractivity contribution in [2.45, 2.75) is 45.4 Å². The van der Waals surface area contributed by atoms with Crippen molar-refractivity contribution in [1.29, 1.82) is 0 Å². The largest absolute Gasteiger partial charge is 0.299 e. The fourth-order valence-corrected chi connectivity index (χ4v) is 2.81. The molecule has 0 heterocycles. The van der Waals surface area contributed by atoms with E-state index in [1.165, 1.54) is 31.4 Å². The summed E-state index contributed by atoms with van der Waals surface area (Å²) in [6.45, 7) is 3.02. The molecule has 0 unspecified atom stereocenters. The highest BCUT2D eigenvalue weighted by Gasteiger charge is 2.26. The SMILES string of the molecule is CC(=O)C(C(C)=O)c1cccc2c1CCCC2. The van der Waals surface area contributed by atoms with Gasteiger partial charge in [0.25, 0.3) is 0 Å². The molecule has 1 aromatic rings. The van der Waals surface area contributed by atoms with Gasteiger partial charge in [0.15, 0.2) is 0 Å². The molecule has 1 aromatic carbocycles. The summed E-state index contributed by atoms with van der Waals surface area (Å²) in [7, 11) is 0. The minimum Gasteiger partial charge on any atom is -0.299 e. The Morgan fingerprint density at radius 1 is 1.06 bits per heavy atom. The number of hydrogen-bond donors (Lipinski definition) is 0. The summed E-state index contributed by atoms with van der Waals surface area (Å²) in [5.41, 5.74) is 3.51. The van der Waals surface area contributed by atoms with Crippen molar-refractivity contribution >= 4 is 11.6 Å². The molecule has 0 radical (unpaired) electrons. The second-order valence-corrected chi connectivity index (χ2v) is 4.85. The molecule has 0 spiro atoms. The van der Waals surface area contributed by atoms with E-state index in [1.54, 1.807) is 0 Å². The van der Waals surface area contributed by atoms with Crippen LogP contribution < -0.4 is 0 Å². The number of carbonyl (C=O) groups is 2. The topological polar surface area (TPSA) is 34.1 Å². The van der Waals surface area contributed by atoms with E-state index >= 15 is 0 Å². The third-order valence-corrected chi connectivity index (χ3v) is 3.56. The summed E-state index contributed by atoms with van der Waals surface area (Å²) < 4.78 is 0. The lowest BCUT2D eigenvalue weighted by atomic mass is 9.81. The zero-order valence-electron chi connectivity index (χ0n) is 10.5. The van der Waals surface area contributed by atoms with Gasteiger partial charge < -0.3 is 0 Å². The number of fused-ring (bicyclic) bond motifs is 1. The first kappa shape index (κ1) is 12.0. The van der Waals surface area contributed by atoms with Crippen LogP contribution in [0.4, 0.5) is 0 Å². The van der Waals surface area contributed by atoms with E-state index in [9.17, 15) is 9.59 Å². The van der Waals surface area contributed by atoms with Gasteiger partial charge in [-0.1, -0.05) is 18.2 Å². The fourth-order valence-electron chi connectivity index (χ4n) is 2.81. The molecule has 0 aromatic heterocycles. The van der Waals surface area contributed by atoms with Crippen LogP contribution in [0.25, 0.3) is 0 Å². The molecular weight excluding hydrogens is 212 g/mol. The maximum Gasteiger partial charge on any atom is 0.144 e. The maximum absolute atomic E-state index is 11.7. The lowest BCUT2D eigenvalue weighted by Crippen LogP contribution is -2.20. The Balaban J connectivity index is 2.50. The van der Waals surface area contributed by atoms with Crippen LogP contribution in [0.2, 0.25) is 0 Å². The van der Waals surface area contributed by atoms with E-state index in [1.807, 2.05) is 12.1 Å². The van der Waals surface area contributed by atoms with Gasteiger partial charge in [0, 0.05) is 0 Å². The smallest absolute Gasteiger partial charge is 0.144 e. The van der Waals surface area contributed by atoms with Crippen LogP contribution in [0.15, 0.2) is 18.2 Å². The first-order valence-corrected chi connectivity index (χ1v) is 6.23. The number of hydrogen-bond acceptors (Lipinski definition) is 2. The molecule has 0 N–H and O–H groups in total. The molecule has 0 amide bonds. The molecule has 2 heteroatoms. The van der Waals surface area contributed by atoms with Crippen LogP contribution in [-0.4, -0.2) is 11.6 Å². The average molecular weight is 230 g/mol. The summed E-state index contributed by atoms with van der Waals surface area (Å²) in [6.07, 6.45) is 4.45. The number of carbonyl (C=O) groups excluding carboxylic acids is 2. The molecule has 2 nitrogen and oxygen atoms in total. The predicted molar refractivity (Wildman–Crippen MR) is 67.2 cm³/mol. The van der Waals surface area contributed by atoms with E-state index in [-0.39, 0.29) is 11.6 Å². The maximum atomic E-state index is 11.7. The van der Waals surface area contributed by atoms with Gasteiger partial charge in [-0.15, -0.1) is 0 Å². The molecule has 1 aliphatic rings. The standard InChI is InChI=1S/C15H18O2/c1-10(16)15(11(2)17)14-9-5-7-12-6-3-4-8-13(12)14/h5,7,9,15H,3-4,6,8H2,1-2H3. The number of aryl methyl sites for hydroxylation is 1. The Labute approximate surface area is 102 Å². The van der Waals surface area contributed by atoms with E-state index in [0.29, 0.717) is 0 Å². The van der Waals surface area contributed by atoms with Crippen LogP contribution in [-0.2, 0) is 22.4 Å². The van der Waals surface area contributed by atoms with Gasteiger partial charge in [0.1, 0.15) is 17.5 Å². The van der Waals surface area contributed by atoms with Crippen LogP contribution >= 0.6 is 0 Å². The van der Waals surface area contributed by atoms with Crippen LogP contribution in [0, 0.1) is 0 Å². The highest BCUT2D eigenvalue weighted by atomic mass is 16.1. The molecule has 1 aliphatic carbocycles. The number of ketones is 2. The van der Waals surface area contributed by atoms with E-state index in [2.05, 4.69) is 6.07 Å². The van der Waals surface area contributed by atoms with Crippen LogP contribution in [0.3, 0.4) is 0 Å². The summed E-state index contributed by atoms with van der Waals surface area (Å²) in [5.74, 6) is -0.643. The predicted octanol–water partition coefficient (Wildman–Crippen LogP) is 2.83. The zero-order valence-corrected chi connectivity index (χ0v) is 10.5. The third kappa shape index (κ3) is 2.31. The van der Waals surface area contributed by atoms with Gasteiger partial charge in [-0.2, -0.15) is 0 Å². The molecular formula is C15H18O2. The van der Waals surface area contributed by atoms with E-state index in [0.717, 1.165) is 24.8 Å². The Hall–Kier alpha value is -1.44. The Morgan fingerprint density at radius 2 is 1.71 bits per heavy atom. The molecule has 0 saturated carbocycles. The normalized spacial score (nSPS) is 14.5. The minimum atomic E-state index is -0.553. The van der Waals surface area contributed by atoms with Crippen molar-refractivity contribution in [2.75, 3.05) is 0 Å². The summed E-state index contributed by atoms with van der Waals surface area (Å²) in [6, 6.07) is 6.03. The first-order valence-electron chi connectivity index (χ1n) is 6.23. The lowest BCUT2D eigenvalue weighted by Gasteiger charge is -2.22. The van der Waals surface area contributed by atoms with Crippen molar-refractivity contribution in [3.63, 3.8) is 0 Å². The second kappa shape index (κ2) is 4.82.